The lowest BCUT2D eigenvalue weighted by Gasteiger charge is -2.15. The van der Waals surface area contributed by atoms with Crippen LogP contribution in [0, 0.1) is 45.9 Å². The molecule has 0 aliphatic rings. The summed E-state index contributed by atoms with van der Waals surface area (Å²) in [5.41, 5.74) is 13.2. The van der Waals surface area contributed by atoms with Crippen molar-refractivity contribution in [3.63, 3.8) is 0 Å². The van der Waals surface area contributed by atoms with Gasteiger partial charge in [-0.25, -0.2) is 29.6 Å². The maximum Gasteiger partial charge on any atom is 0.417 e. The van der Waals surface area contributed by atoms with Crippen molar-refractivity contribution in [2.75, 3.05) is 21.3 Å². The predicted octanol–water partition coefficient (Wildman–Crippen LogP) is 22.8. The number of nitrogens with one attached hydrogen (secondary N) is 4. The van der Waals surface area contributed by atoms with Crippen molar-refractivity contribution in [1.29, 1.82) is 5.26 Å². The maximum absolute atomic E-state index is 13.8. The second kappa shape index (κ2) is 38.2. The van der Waals surface area contributed by atoms with E-state index in [1.807, 2.05) is 124 Å². The summed E-state index contributed by atoms with van der Waals surface area (Å²) in [5.74, 6) is -0.115. The zero-order valence-corrected chi connectivity index (χ0v) is 74.0. The Balaban J connectivity index is 0.000000128. The largest absolute Gasteiger partial charge is 0.421 e. The van der Waals surface area contributed by atoms with Gasteiger partial charge in [0.05, 0.1) is 104 Å². The molecule has 35 heteroatoms. The van der Waals surface area contributed by atoms with Crippen LogP contribution in [0.5, 0.6) is 0 Å². The predicted molar refractivity (Wildman–Crippen MR) is 502 cm³/mol. The Morgan fingerprint density at radius 1 is 0.377 bits per heavy atom. The van der Waals surface area contributed by atoms with Crippen LogP contribution in [0.25, 0.3) is 113 Å². The highest BCUT2D eigenvalue weighted by molar-refractivity contribution is 6.09. The first-order valence-corrected chi connectivity index (χ1v) is 42.4. The van der Waals surface area contributed by atoms with Crippen LogP contribution in [0.3, 0.4) is 0 Å². The minimum atomic E-state index is -4.72. The van der Waals surface area contributed by atoms with Gasteiger partial charge in [-0.1, -0.05) is 131 Å². The first-order chi connectivity index (χ1) is 66.3. The van der Waals surface area contributed by atoms with Gasteiger partial charge in [0.2, 0.25) is 12.2 Å². The molecule has 686 valence electrons. The van der Waals surface area contributed by atoms with Gasteiger partial charge in [-0.3, -0.25) is 41.8 Å². The molecule has 0 spiro atoms. The molecule has 4 N–H and O–H groups in total. The van der Waals surface area contributed by atoms with Crippen LogP contribution in [0.2, 0.25) is 0 Å². The Morgan fingerprint density at radius 3 is 1.09 bits per heavy atom. The number of carbonyl (C=O) groups is 4. The van der Waals surface area contributed by atoms with Crippen LogP contribution in [-0.4, -0.2) is 101 Å². The van der Waals surface area contributed by atoms with Crippen molar-refractivity contribution in [3.8, 4) is 96.8 Å². The van der Waals surface area contributed by atoms with Crippen LogP contribution in [0.1, 0.15) is 91.5 Å². The lowest BCUT2D eigenvalue weighted by atomic mass is 9.98. The van der Waals surface area contributed by atoms with Gasteiger partial charge in [0.25, 0.3) is 29.5 Å². The van der Waals surface area contributed by atoms with E-state index in [1.165, 1.54) is 49.0 Å². The third-order valence-electron chi connectivity index (χ3n) is 22.5. The quantitative estimate of drug-likeness (QED) is 0.0653. The lowest BCUT2D eigenvalue weighted by Crippen LogP contribution is -2.19. The summed E-state index contributed by atoms with van der Waals surface area (Å²) in [4.78, 5) is 78.3. The average Bonchev–Trinajstić information content (AvgIpc) is 1.31. The highest BCUT2D eigenvalue weighted by Crippen LogP contribution is 2.42. The minimum Gasteiger partial charge on any atom is -0.421 e. The summed E-state index contributed by atoms with van der Waals surface area (Å²) in [5, 5.41) is 35.4. The number of hydrogen-bond donors (Lipinski definition) is 4. The fraction of sp³-hybridized carbons (Fsp3) is 0.0971. The van der Waals surface area contributed by atoms with Gasteiger partial charge >= 0.3 is 18.5 Å². The normalized spacial score (nSPS) is 11.4. The van der Waals surface area contributed by atoms with Gasteiger partial charge in [-0.05, 0) is 190 Å². The molecule has 20 rings (SSSR count). The van der Waals surface area contributed by atoms with Crippen molar-refractivity contribution in [1.82, 2.24) is 77.3 Å². The Labute approximate surface area is 779 Å². The first kappa shape index (κ1) is 91.8. The van der Waals surface area contributed by atoms with Crippen LogP contribution in [-0.2, 0) is 32.6 Å². The number of imidazole rings is 5. The lowest BCUT2D eigenvalue weighted by molar-refractivity contribution is -0.138. The molecule has 0 fully saturated rings. The van der Waals surface area contributed by atoms with Crippen LogP contribution in [0.4, 0.5) is 62.3 Å². The molecule has 20 aromatic rings. The second-order valence-corrected chi connectivity index (χ2v) is 32.1. The molecule has 138 heavy (non-hydrogen) atoms. The Hall–Kier alpha value is -18.1. The highest BCUT2D eigenvalue weighted by atomic mass is 19.4. The molecule has 0 bridgehead atoms. The van der Waals surface area contributed by atoms with Crippen molar-refractivity contribution >= 4 is 68.4 Å². The van der Waals surface area contributed by atoms with Crippen molar-refractivity contribution in [3.05, 3.63) is 384 Å². The average molecular weight is 1860 g/mol. The monoisotopic (exact) mass is 1860 g/mol. The number of pyridine rings is 5. The Kier molecular flexibility index (Phi) is 25.4. The van der Waals surface area contributed by atoms with Gasteiger partial charge in [0.15, 0.2) is 17.5 Å². The summed E-state index contributed by atoms with van der Waals surface area (Å²) in [6.07, 6.45) is 7.61. The number of aromatic nitrogens is 16. The molecule has 12 heterocycles. The molecule has 4 amide bonds. The van der Waals surface area contributed by atoms with E-state index in [2.05, 4.69) is 77.7 Å². The van der Waals surface area contributed by atoms with E-state index < -0.39 is 69.6 Å². The number of anilines is 4. The van der Waals surface area contributed by atoms with Gasteiger partial charge < -0.3 is 30.3 Å². The standard InChI is InChI=1S/C28H18F3N5O.C26H20F3N5O.C25H19F3N6O.C24H19N5O2/c1-17-4-7-20(8-5-17)35-27(37)22-14-19(6-9-23(22)28(29,30)31)21-3-2-12-36-25(21)16-34-26(36)24-13-18(15-32)10-11-33-24;1-16-5-8-18(9-6-16)32-25(35)20-12-17(7-10-21(20)26(27,28)29)19-4-3-11-34-23(19)13-30-24(34)22-14-33(2)15-31-22;1-15-5-8-17(9-6-15)31-24(35)19-12-16(7-10-20(19)25(26,27)28)18-4-3-11-34-21(18)13-29-23(34)22-14-30-32-33(22)2;1-15-5-9-18(10-6-15)27-23(30)20-12-17(8-7-16(20)2)19-4-3-11-29-21(19)13-25-22(29)24-28-26-14-31-24/h2-14,16H,1H3,(H,35,37);3-15H,1-2H3,(H,32,35);3-14H,1-2H3,(H,31,35);3-14H,1-2H3,(H,27,30). The fourth-order valence-electron chi connectivity index (χ4n) is 15.5. The number of carbonyl (C=O) groups excluding carboxylic acids is 4. The molecular weight excluding hydrogens is 1780 g/mol. The first-order valence-electron chi connectivity index (χ1n) is 42.4. The zero-order chi connectivity index (χ0) is 97.0. The smallest absolute Gasteiger partial charge is 0.417 e. The number of amides is 4. The molecule has 0 saturated heterocycles. The summed E-state index contributed by atoms with van der Waals surface area (Å²) in [6, 6.07) is 64.5. The van der Waals surface area contributed by atoms with Crippen LogP contribution in [0.15, 0.2) is 316 Å². The van der Waals surface area contributed by atoms with Gasteiger partial charge in [-0.2, -0.15) is 44.8 Å². The molecule has 0 aliphatic heterocycles. The molecular formula is C103H76F9N21O5. The number of aryl methyl sites for hydroxylation is 7. The van der Waals surface area contributed by atoms with Gasteiger partial charge in [0.1, 0.15) is 17.1 Å². The maximum atomic E-state index is 13.8. The third-order valence-corrected chi connectivity index (χ3v) is 22.5. The Bertz CT molecular complexity index is 8050. The molecule has 0 atom stereocenters. The van der Waals surface area contributed by atoms with E-state index in [1.54, 1.807) is 196 Å². The number of benzene rings is 8. The van der Waals surface area contributed by atoms with Crippen LogP contribution >= 0.6 is 0 Å². The summed E-state index contributed by atoms with van der Waals surface area (Å²) in [6.45, 7) is 9.58. The fourth-order valence-corrected chi connectivity index (χ4v) is 15.5. The van der Waals surface area contributed by atoms with Crippen LogP contribution < -0.4 is 21.3 Å². The molecule has 0 aliphatic carbocycles. The number of alkyl halides is 9. The second-order valence-electron chi connectivity index (χ2n) is 32.1. The number of hydrogen-bond acceptors (Lipinski definition) is 16. The number of nitriles is 1. The number of halogens is 9. The zero-order valence-electron chi connectivity index (χ0n) is 74.0. The van der Waals surface area contributed by atoms with E-state index in [9.17, 15) is 64.0 Å². The SMILES string of the molecule is Cc1ccc(NC(=O)c2cc(-c3cccn4c(-c5cc(C#N)ccn5)ncc34)ccc2C(F)(F)F)cc1.Cc1ccc(NC(=O)c2cc(-c3cccn4c(-c5cn(C)cn5)ncc34)ccc2C(F)(F)F)cc1.Cc1ccc(NC(=O)c2cc(-c3cccn4c(-c5cnnn5C)ncc34)ccc2C(F)(F)F)cc1.Cc1ccc(NC(=O)c2cc(-c3cccn4c(-c5nnco5)ncc34)ccc2C)cc1. The summed E-state index contributed by atoms with van der Waals surface area (Å²) >= 11 is 0. The van der Waals surface area contributed by atoms with Crippen molar-refractivity contribution in [2.24, 2.45) is 14.1 Å². The number of rotatable bonds is 16. The van der Waals surface area contributed by atoms with E-state index >= 15 is 0 Å². The van der Waals surface area contributed by atoms with Crippen molar-refractivity contribution < 1.29 is 63.1 Å². The summed E-state index contributed by atoms with van der Waals surface area (Å²) < 4.78 is 140. The molecule has 8 aromatic carbocycles. The molecule has 0 radical (unpaired) electrons. The molecule has 0 unspecified atom stereocenters. The van der Waals surface area contributed by atoms with E-state index in [-0.39, 0.29) is 5.91 Å². The van der Waals surface area contributed by atoms with E-state index in [0.717, 1.165) is 68.3 Å². The third kappa shape index (κ3) is 19.7. The number of nitrogens with zero attached hydrogens (tertiary/aromatic N) is 17. The van der Waals surface area contributed by atoms with Gasteiger partial charge in [-0.15, -0.1) is 15.3 Å². The molecule has 12 aromatic heterocycles. The molecule has 0 saturated carbocycles. The van der Waals surface area contributed by atoms with Crippen molar-refractivity contribution in [2.45, 2.75) is 53.1 Å². The summed E-state index contributed by atoms with van der Waals surface area (Å²) in [7, 11) is 3.59. The number of fused-ring (bicyclic) bond motifs is 4. The van der Waals surface area contributed by atoms with E-state index in [4.69, 9.17) is 4.42 Å². The van der Waals surface area contributed by atoms with Gasteiger partial charge in [0, 0.05) is 102 Å². The van der Waals surface area contributed by atoms with E-state index in [0.29, 0.717) is 124 Å². The Morgan fingerprint density at radius 2 is 0.732 bits per heavy atom. The topological polar surface area (TPSA) is 310 Å². The minimum absolute atomic E-state index is 0.143. The molecule has 26 nitrogen and oxygen atoms in total. The highest BCUT2D eigenvalue weighted by Gasteiger charge is 2.39.